The first-order valence-electron chi connectivity index (χ1n) is 9.46. The van der Waals surface area contributed by atoms with E-state index in [9.17, 15) is 0 Å². The van der Waals surface area contributed by atoms with Crippen LogP contribution in [0.25, 0.3) is 0 Å². The van der Waals surface area contributed by atoms with E-state index in [0.29, 0.717) is 31.5 Å². The molecule has 0 aliphatic carbocycles. The Morgan fingerprint density at radius 3 is 2.43 bits per heavy atom. The minimum Gasteiger partial charge on any atom is -0.496 e. The van der Waals surface area contributed by atoms with Gasteiger partial charge >= 0.3 is 0 Å². The summed E-state index contributed by atoms with van der Waals surface area (Å²) in [5, 5.41) is 6.61. The second-order valence-corrected chi connectivity index (χ2v) is 6.37. The summed E-state index contributed by atoms with van der Waals surface area (Å²) in [7, 11) is 3.42. The third-order valence-electron chi connectivity index (χ3n) is 4.35. The van der Waals surface area contributed by atoms with Crippen molar-refractivity contribution in [2.45, 2.75) is 19.7 Å². The molecule has 0 bridgehead atoms. The van der Waals surface area contributed by atoms with Gasteiger partial charge < -0.3 is 20.1 Å². The van der Waals surface area contributed by atoms with Crippen molar-refractivity contribution in [1.82, 2.24) is 15.6 Å². The van der Waals surface area contributed by atoms with Gasteiger partial charge in [-0.2, -0.15) is 0 Å². The molecule has 2 N–H and O–H groups in total. The summed E-state index contributed by atoms with van der Waals surface area (Å²) in [6, 6.07) is 21.8. The molecule has 0 radical (unpaired) electrons. The lowest BCUT2D eigenvalue weighted by Crippen LogP contribution is -2.36. The van der Waals surface area contributed by atoms with Crippen LogP contribution in [-0.4, -0.2) is 25.1 Å². The van der Waals surface area contributed by atoms with E-state index in [-0.39, 0.29) is 24.0 Å². The van der Waals surface area contributed by atoms with Gasteiger partial charge in [0, 0.05) is 38.0 Å². The summed E-state index contributed by atoms with van der Waals surface area (Å²) in [5.41, 5.74) is 3.24. The van der Waals surface area contributed by atoms with Crippen LogP contribution in [0.5, 0.6) is 11.6 Å². The number of benzene rings is 2. The number of pyridine rings is 1. The maximum absolute atomic E-state index is 5.80. The highest BCUT2D eigenvalue weighted by Gasteiger charge is 2.05. The van der Waals surface area contributed by atoms with Crippen molar-refractivity contribution in [3.8, 4) is 11.6 Å². The summed E-state index contributed by atoms with van der Waals surface area (Å²) in [6.07, 6.45) is 1.75. The molecule has 0 aliphatic rings. The van der Waals surface area contributed by atoms with Gasteiger partial charge in [0.1, 0.15) is 12.4 Å². The van der Waals surface area contributed by atoms with E-state index in [2.05, 4.69) is 20.6 Å². The average molecular weight is 518 g/mol. The number of hydrogen-bond acceptors (Lipinski definition) is 4. The molecule has 0 fully saturated rings. The van der Waals surface area contributed by atoms with Crippen molar-refractivity contribution >= 4 is 29.9 Å². The topological polar surface area (TPSA) is 67.8 Å². The van der Waals surface area contributed by atoms with E-state index in [4.69, 9.17) is 9.47 Å². The van der Waals surface area contributed by atoms with Gasteiger partial charge in [-0.25, -0.2) is 4.98 Å². The SMILES string of the molecule is CN=C(NCc1ccnc(OCc2ccccc2)c1)NCc1ccccc1OC.I. The van der Waals surface area contributed by atoms with Crippen LogP contribution in [0.2, 0.25) is 0 Å². The molecule has 7 heteroatoms. The number of nitrogens with zero attached hydrogens (tertiary/aromatic N) is 2. The Bertz CT molecular complexity index is 935. The Balaban J connectivity index is 0.00000320. The minimum atomic E-state index is 0. The number of nitrogens with one attached hydrogen (secondary N) is 2. The average Bonchev–Trinajstić information content (AvgIpc) is 2.79. The molecule has 30 heavy (non-hydrogen) atoms. The van der Waals surface area contributed by atoms with Crippen molar-refractivity contribution in [3.63, 3.8) is 0 Å². The van der Waals surface area contributed by atoms with Crippen LogP contribution in [-0.2, 0) is 19.7 Å². The molecule has 0 saturated carbocycles. The van der Waals surface area contributed by atoms with Crippen LogP contribution in [0.3, 0.4) is 0 Å². The van der Waals surface area contributed by atoms with Gasteiger partial charge in [0.25, 0.3) is 0 Å². The molecule has 2 aromatic carbocycles. The van der Waals surface area contributed by atoms with Crippen molar-refractivity contribution < 1.29 is 9.47 Å². The lowest BCUT2D eigenvalue weighted by atomic mass is 10.2. The van der Waals surface area contributed by atoms with Crippen LogP contribution in [0.15, 0.2) is 77.9 Å². The number of aliphatic imine (C=N–C) groups is 1. The van der Waals surface area contributed by atoms with Crippen LogP contribution in [0, 0.1) is 0 Å². The quantitative estimate of drug-likeness (QED) is 0.267. The number of ether oxygens (including phenoxy) is 2. The van der Waals surface area contributed by atoms with Gasteiger partial charge in [-0.15, -0.1) is 24.0 Å². The van der Waals surface area contributed by atoms with E-state index < -0.39 is 0 Å². The Labute approximate surface area is 194 Å². The van der Waals surface area contributed by atoms with Gasteiger partial charge in [0.05, 0.1) is 7.11 Å². The number of guanidine groups is 1. The van der Waals surface area contributed by atoms with Gasteiger partial charge in [-0.3, -0.25) is 4.99 Å². The predicted octanol–water partition coefficient (Wildman–Crippen LogP) is 4.15. The van der Waals surface area contributed by atoms with Crippen LogP contribution in [0.4, 0.5) is 0 Å². The van der Waals surface area contributed by atoms with Gasteiger partial charge in [-0.1, -0.05) is 48.5 Å². The van der Waals surface area contributed by atoms with Crippen molar-refractivity contribution in [3.05, 3.63) is 89.6 Å². The second-order valence-electron chi connectivity index (χ2n) is 6.37. The number of halogens is 1. The number of para-hydroxylation sites is 1. The zero-order chi connectivity index (χ0) is 20.3. The Morgan fingerprint density at radius 1 is 0.933 bits per heavy atom. The maximum atomic E-state index is 5.80. The van der Waals surface area contributed by atoms with E-state index in [1.165, 1.54) is 0 Å². The highest BCUT2D eigenvalue weighted by atomic mass is 127. The van der Waals surface area contributed by atoms with Crippen molar-refractivity contribution in [1.29, 1.82) is 0 Å². The number of methoxy groups -OCH3 is 1. The largest absolute Gasteiger partial charge is 0.496 e. The standard InChI is InChI=1S/C23H26N4O2.HI/c1-24-23(27-16-20-10-6-7-11-21(20)28-2)26-15-19-12-13-25-22(14-19)29-17-18-8-4-3-5-9-18;/h3-14H,15-17H2,1-2H3,(H2,24,26,27);1H. The second kappa shape index (κ2) is 12.7. The third-order valence-corrected chi connectivity index (χ3v) is 4.35. The number of rotatable bonds is 8. The van der Waals surface area contributed by atoms with Gasteiger partial charge in [0.15, 0.2) is 5.96 Å². The molecular formula is C23H27IN4O2. The van der Waals surface area contributed by atoms with E-state index in [0.717, 1.165) is 22.4 Å². The fraction of sp³-hybridized carbons (Fsp3) is 0.217. The molecule has 1 heterocycles. The summed E-state index contributed by atoms with van der Waals surface area (Å²) in [4.78, 5) is 8.57. The van der Waals surface area contributed by atoms with Crippen LogP contribution >= 0.6 is 24.0 Å². The molecule has 0 atom stereocenters. The Kier molecular flexibility index (Phi) is 9.93. The lowest BCUT2D eigenvalue weighted by Gasteiger charge is -2.14. The molecule has 158 valence electrons. The van der Waals surface area contributed by atoms with E-state index >= 15 is 0 Å². The lowest BCUT2D eigenvalue weighted by molar-refractivity contribution is 0.293. The first kappa shape index (κ1) is 23.5. The van der Waals surface area contributed by atoms with Gasteiger partial charge in [0.2, 0.25) is 5.88 Å². The normalized spacial score (nSPS) is 10.7. The molecule has 3 rings (SSSR count). The summed E-state index contributed by atoms with van der Waals surface area (Å²) < 4.78 is 11.2. The fourth-order valence-electron chi connectivity index (χ4n) is 2.81. The monoisotopic (exact) mass is 518 g/mol. The fourth-order valence-corrected chi connectivity index (χ4v) is 2.81. The summed E-state index contributed by atoms with van der Waals surface area (Å²) >= 11 is 0. The molecule has 0 aliphatic heterocycles. The highest BCUT2D eigenvalue weighted by molar-refractivity contribution is 14.0. The summed E-state index contributed by atoms with van der Waals surface area (Å²) in [5.74, 6) is 2.16. The van der Waals surface area contributed by atoms with Gasteiger partial charge in [-0.05, 0) is 23.3 Å². The first-order valence-corrected chi connectivity index (χ1v) is 9.46. The minimum absolute atomic E-state index is 0. The predicted molar refractivity (Wildman–Crippen MR) is 130 cm³/mol. The molecule has 0 saturated heterocycles. The molecule has 0 unspecified atom stereocenters. The van der Waals surface area contributed by atoms with Crippen LogP contribution < -0.4 is 20.1 Å². The Morgan fingerprint density at radius 2 is 1.67 bits per heavy atom. The first-order chi connectivity index (χ1) is 14.3. The number of hydrogen-bond donors (Lipinski definition) is 2. The smallest absolute Gasteiger partial charge is 0.213 e. The summed E-state index contributed by atoms with van der Waals surface area (Å²) in [6.45, 7) is 1.72. The zero-order valence-electron chi connectivity index (χ0n) is 17.2. The maximum Gasteiger partial charge on any atom is 0.213 e. The molecular weight excluding hydrogens is 491 g/mol. The molecule has 6 nitrogen and oxygen atoms in total. The number of aromatic nitrogens is 1. The Hall–Kier alpha value is -2.81. The van der Waals surface area contributed by atoms with Crippen molar-refractivity contribution in [2.75, 3.05) is 14.2 Å². The molecule has 0 amide bonds. The third kappa shape index (κ3) is 7.22. The van der Waals surface area contributed by atoms with Crippen LogP contribution in [0.1, 0.15) is 16.7 Å². The molecule has 1 aromatic heterocycles. The van der Waals surface area contributed by atoms with Crippen molar-refractivity contribution in [2.24, 2.45) is 4.99 Å². The molecule has 3 aromatic rings. The highest BCUT2D eigenvalue weighted by Crippen LogP contribution is 2.16. The molecule has 0 spiro atoms. The van der Waals surface area contributed by atoms with E-state index in [1.54, 1.807) is 20.4 Å². The van der Waals surface area contributed by atoms with E-state index in [1.807, 2.05) is 66.7 Å². The zero-order valence-corrected chi connectivity index (χ0v) is 19.5.